The minimum atomic E-state index is -3.91. The summed E-state index contributed by atoms with van der Waals surface area (Å²) in [5.74, 6) is -0.587. The van der Waals surface area contributed by atoms with E-state index in [0.29, 0.717) is 0 Å². The van der Waals surface area contributed by atoms with Gasteiger partial charge in [0.15, 0.2) is 0 Å². The molecule has 0 aliphatic heterocycles. The molecule has 0 amide bonds. The van der Waals surface area contributed by atoms with Crippen LogP contribution in [0.25, 0.3) is 0 Å². The highest BCUT2D eigenvalue weighted by Gasteiger charge is 2.19. The molecule has 2 rings (SSSR count). The molecule has 1 aromatic carbocycles. The topological polar surface area (TPSA) is 85.4 Å². The standard InChI is InChI=1S/C14H13ClN2O4S/c1-9-3-4-12(11(15)7-9)22(19,20)17-13-8-10(5-6-16-13)14(18)21-2/h3-8H,1-2H3,(H,16,17). The summed E-state index contributed by atoms with van der Waals surface area (Å²) in [6.45, 7) is 1.80. The summed E-state index contributed by atoms with van der Waals surface area (Å²) in [6.07, 6.45) is 1.31. The van der Waals surface area contributed by atoms with Gasteiger partial charge in [-0.1, -0.05) is 17.7 Å². The van der Waals surface area contributed by atoms with E-state index < -0.39 is 16.0 Å². The van der Waals surface area contributed by atoms with Gasteiger partial charge in [-0.05, 0) is 36.8 Å². The summed E-state index contributed by atoms with van der Waals surface area (Å²) < 4.78 is 31.5. The van der Waals surface area contributed by atoms with Gasteiger partial charge in [0, 0.05) is 6.20 Å². The van der Waals surface area contributed by atoms with Crippen molar-refractivity contribution in [3.8, 4) is 0 Å². The largest absolute Gasteiger partial charge is 0.465 e. The first kappa shape index (κ1) is 16.3. The number of aromatic nitrogens is 1. The molecule has 116 valence electrons. The Kier molecular flexibility index (Phi) is 4.68. The molecule has 0 spiro atoms. The molecule has 0 atom stereocenters. The lowest BCUT2D eigenvalue weighted by Gasteiger charge is -2.10. The maximum atomic E-state index is 12.3. The second-order valence-electron chi connectivity index (χ2n) is 4.46. The fourth-order valence-electron chi connectivity index (χ4n) is 1.75. The van der Waals surface area contributed by atoms with Crippen molar-refractivity contribution < 1.29 is 17.9 Å². The quantitative estimate of drug-likeness (QED) is 0.865. The van der Waals surface area contributed by atoms with Crippen molar-refractivity contribution in [3.63, 3.8) is 0 Å². The first-order valence-corrected chi connectivity index (χ1v) is 8.03. The minimum absolute atomic E-state index is 0.000424. The number of hydrogen-bond donors (Lipinski definition) is 1. The van der Waals surface area contributed by atoms with Crippen molar-refractivity contribution >= 4 is 33.4 Å². The van der Waals surface area contributed by atoms with Crippen molar-refractivity contribution in [1.29, 1.82) is 0 Å². The molecule has 2 aromatic rings. The van der Waals surface area contributed by atoms with Crippen LogP contribution < -0.4 is 4.72 Å². The number of sulfonamides is 1. The molecule has 0 saturated heterocycles. The first-order chi connectivity index (χ1) is 10.3. The number of hydrogen-bond acceptors (Lipinski definition) is 5. The minimum Gasteiger partial charge on any atom is -0.465 e. The Morgan fingerprint density at radius 3 is 2.64 bits per heavy atom. The number of benzene rings is 1. The third kappa shape index (κ3) is 3.55. The summed E-state index contributed by atoms with van der Waals surface area (Å²) in [5, 5.41) is 0.108. The molecule has 0 fully saturated rings. The van der Waals surface area contributed by atoms with E-state index in [4.69, 9.17) is 11.6 Å². The van der Waals surface area contributed by atoms with Crippen molar-refractivity contribution in [2.24, 2.45) is 0 Å². The van der Waals surface area contributed by atoms with Crippen molar-refractivity contribution in [2.45, 2.75) is 11.8 Å². The highest BCUT2D eigenvalue weighted by molar-refractivity contribution is 7.92. The molecule has 22 heavy (non-hydrogen) atoms. The number of ether oxygens (including phenoxy) is 1. The average molecular weight is 341 g/mol. The fourth-order valence-corrected chi connectivity index (χ4v) is 3.35. The lowest BCUT2D eigenvalue weighted by Crippen LogP contribution is -2.15. The van der Waals surface area contributed by atoms with Gasteiger partial charge in [-0.3, -0.25) is 4.72 Å². The second kappa shape index (κ2) is 6.33. The van der Waals surface area contributed by atoms with E-state index in [1.807, 2.05) is 0 Å². The molecule has 0 radical (unpaired) electrons. The monoisotopic (exact) mass is 340 g/mol. The number of carbonyl (C=O) groups is 1. The Morgan fingerprint density at radius 1 is 1.27 bits per heavy atom. The van der Waals surface area contributed by atoms with Crippen molar-refractivity contribution in [2.75, 3.05) is 11.8 Å². The van der Waals surface area contributed by atoms with Gasteiger partial charge in [0.25, 0.3) is 10.0 Å². The van der Waals surface area contributed by atoms with Crippen LogP contribution in [-0.4, -0.2) is 26.5 Å². The van der Waals surface area contributed by atoms with Gasteiger partial charge in [-0.2, -0.15) is 0 Å². The van der Waals surface area contributed by atoms with Crippen LogP contribution in [0.1, 0.15) is 15.9 Å². The van der Waals surface area contributed by atoms with Crippen molar-refractivity contribution in [1.82, 2.24) is 4.98 Å². The van der Waals surface area contributed by atoms with E-state index in [1.54, 1.807) is 19.1 Å². The molecule has 1 N–H and O–H groups in total. The normalized spacial score (nSPS) is 11.0. The maximum Gasteiger partial charge on any atom is 0.338 e. The maximum absolute atomic E-state index is 12.3. The zero-order valence-electron chi connectivity index (χ0n) is 11.8. The first-order valence-electron chi connectivity index (χ1n) is 6.17. The molecular formula is C14H13ClN2O4S. The van der Waals surface area contributed by atoms with E-state index in [-0.39, 0.29) is 21.3 Å². The molecule has 0 unspecified atom stereocenters. The third-order valence-corrected chi connectivity index (χ3v) is 4.63. The summed E-state index contributed by atoms with van der Waals surface area (Å²) >= 11 is 5.97. The Balaban J connectivity index is 2.35. The fraction of sp³-hybridized carbons (Fsp3) is 0.143. The molecule has 1 heterocycles. The average Bonchev–Trinajstić information content (AvgIpc) is 2.45. The number of esters is 1. The van der Waals surface area contributed by atoms with Gasteiger partial charge in [0.2, 0.25) is 0 Å². The Morgan fingerprint density at radius 2 is 2.00 bits per heavy atom. The van der Waals surface area contributed by atoms with Crippen LogP contribution in [0.4, 0.5) is 5.82 Å². The number of nitrogens with one attached hydrogen (secondary N) is 1. The number of rotatable bonds is 4. The van der Waals surface area contributed by atoms with Crippen LogP contribution in [0.15, 0.2) is 41.4 Å². The highest BCUT2D eigenvalue weighted by atomic mass is 35.5. The van der Waals surface area contributed by atoms with E-state index in [0.717, 1.165) is 5.56 Å². The number of anilines is 1. The van der Waals surface area contributed by atoms with Crippen molar-refractivity contribution in [3.05, 3.63) is 52.7 Å². The zero-order chi connectivity index (χ0) is 16.3. The van der Waals surface area contributed by atoms with Gasteiger partial charge < -0.3 is 4.74 Å². The van der Waals surface area contributed by atoms with Gasteiger partial charge >= 0.3 is 5.97 Å². The number of nitrogens with zero attached hydrogens (tertiary/aromatic N) is 1. The molecule has 0 aliphatic carbocycles. The third-order valence-electron chi connectivity index (χ3n) is 2.80. The second-order valence-corrected chi connectivity index (χ2v) is 6.52. The Bertz CT molecular complexity index is 821. The van der Waals surface area contributed by atoms with Crippen LogP contribution in [0.5, 0.6) is 0 Å². The summed E-state index contributed by atoms with van der Waals surface area (Å²) in [5.41, 5.74) is 1.03. The number of carbonyl (C=O) groups excluding carboxylic acids is 1. The SMILES string of the molecule is COC(=O)c1ccnc(NS(=O)(=O)c2ccc(C)cc2Cl)c1. The predicted molar refractivity (Wildman–Crippen MR) is 82.6 cm³/mol. The zero-order valence-corrected chi connectivity index (χ0v) is 13.4. The molecule has 0 bridgehead atoms. The number of aryl methyl sites for hydroxylation is 1. The molecule has 0 aliphatic rings. The summed E-state index contributed by atoms with van der Waals surface area (Å²) in [4.78, 5) is 15.3. The molecule has 0 saturated carbocycles. The lowest BCUT2D eigenvalue weighted by molar-refractivity contribution is 0.0600. The van der Waals surface area contributed by atoms with E-state index in [9.17, 15) is 13.2 Å². The van der Waals surface area contributed by atoms with Gasteiger partial charge in [-0.25, -0.2) is 18.2 Å². The van der Waals surface area contributed by atoms with Crippen LogP contribution in [0.2, 0.25) is 5.02 Å². The predicted octanol–water partition coefficient (Wildman–Crippen LogP) is 2.63. The van der Waals surface area contributed by atoms with E-state index in [1.165, 1.54) is 31.5 Å². The van der Waals surface area contributed by atoms with Crippen LogP contribution in [-0.2, 0) is 14.8 Å². The van der Waals surface area contributed by atoms with Gasteiger partial charge in [0.05, 0.1) is 17.7 Å². The van der Waals surface area contributed by atoms with Crippen LogP contribution in [0, 0.1) is 6.92 Å². The van der Waals surface area contributed by atoms with E-state index in [2.05, 4.69) is 14.4 Å². The summed E-state index contributed by atoms with van der Waals surface area (Å²) in [7, 11) is -2.67. The molecular weight excluding hydrogens is 328 g/mol. The molecule has 1 aromatic heterocycles. The highest BCUT2D eigenvalue weighted by Crippen LogP contribution is 2.24. The van der Waals surface area contributed by atoms with Crippen LogP contribution in [0.3, 0.4) is 0 Å². The molecule has 6 nitrogen and oxygen atoms in total. The number of methoxy groups -OCH3 is 1. The lowest BCUT2D eigenvalue weighted by atomic mass is 10.2. The van der Waals surface area contributed by atoms with Gasteiger partial charge in [0.1, 0.15) is 10.7 Å². The van der Waals surface area contributed by atoms with E-state index >= 15 is 0 Å². The Labute approximate surface area is 133 Å². The van der Waals surface area contributed by atoms with Crippen LogP contribution >= 0.6 is 11.6 Å². The smallest absolute Gasteiger partial charge is 0.338 e. The summed E-state index contributed by atoms with van der Waals surface area (Å²) in [6, 6.07) is 7.30. The molecule has 8 heteroatoms. The number of halogens is 1. The number of pyridine rings is 1. The van der Waals surface area contributed by atoms with Gasteiger partial charge in [-0.15, -0.1) is 0 Å². The Hall–Kier alpha value is -2.12.